The highest BCUT2D eigenvalue weighted by atomic mass is 16.2. The van der Waals surface area contributed by atoms with E-state index in [1.54, 1.807) is 0 Å². The van der Waals surface area contributed by atoms with E-state index in [9.17, 15) is 9.59 Å². The van der Waals surface area contributed by atoms with Gasteiger partial charge in [-0.05, 0) is 38.0 Å². The molecule has 3 heterocycles. The molecule has 6 nitrogen and oxygen atoms in total. The topological polar surface area (TPSA) is 60.1 Å². The third-order valence-electron chi connectivity index (χ3n) is 6.31. The number of aryl methyl sites for hydroxylation is 2. The largest absolute Gasteiger partial charge is 0.339 e. The minimum Gasteiger partial charge on any atom is -0.339 e. The van der Waals surface area contributed by atoms with Crippen molar-refractivity contribution in [3.63, 3.8) is 0 Å². The molecule has 31 heavy (non-hydrogen) atoms. The van der Waals surface area contributed by atoms with Gasteiger partial charge in [0.25, 0.3) is 11.5 Å². The molecule has 158 valence electrons. The molecule has 1 fully saturated rings. The molecule has 1 saturated heterocycles. The Bertz CT molecular complexity index is 1340. The van der Waals surface area contributed by atoms with Crippen molar-refractivity contribution in [3.8, 4) is 5.69 Å². The van der Waals surface area contributed by atoms with Gasteiger partial charge in [-0.25, -0.2) is 0 Å². The highest BCUT2D eigenvalue weighted by Crippen LogP contribution is 2.29. The van der Waals surface area contributed by atoms with Crippen LogP contribution in [0.25, 0.3) is 27.5 Å². The SMILES string of the molecule is Cc1ccc(-n2nc(C(=O)N3CCCCCC3)c3c4ccccc4n(C)c3c2=O)cc1. The second-order valence-electron chi connectivity index (χ2n) is 8.41. The fourth-order valence-electron chi connectivity index (χ4n) is 4.61. The lowest BCUT2D eigenvalue weighted by Crippen LogP contribution is -2.35. The van der Waals surface area contributed by atoms with Crippen molar-refractivity contribution in [2.24, 2.45) is 7.05 Å². The molecule has 0 saturated carbocycles. The summed E-state index contributed by atoms with van der Waals surface area (Å²) >= 11 is 0. The molecule has 4 aromatic rings. The van der Waals surface area contributed by atoms with Crippen LogP contribution >= 0.6 is 0 Å². The Balaban J connectivity index is 1.82. The second kappa shape index (κ2) is 7.69. The van der Waals surface area contributed by atoms with Gasteiger partial charge in [0.15, 0.2) is 5.69 Å². The summed E-state index contributed by atoms with van der Waals surface area (Å²) in [5.41, 5.74) is 3.33. The van der Waals surface area contributed by atoms with Crippen LogP contribution < -0.4 is 5.56 Å². The number of likely N-dealkylation sites (tertiary alicyclic amines) is 1. The van der Waals surface area contributed by atoms with Gasteiger partial charge in [-0.1, -0.05) is 48.7 Å². The van der Waals surface area contributed by atoms with Crippen molar-refractivity contribution in [1.82, 2.24) is 19.2 Å². The summed E-state index contributed by atoms with van der Waals surface area (Å²) in [5, 5.41) is 6.21. The summed E-state index contributed by atoms with van der Waals surface area (Å²) in [4.78, 5) is 29.2. The fourth-order valence-corrected chi connectivity index (χ4v) is 4.61. The Hall–Kier alpha value is -3.41. The monoisotopic (exact) mass is 414 g/mol. The number of aromatic nitrogens is 3. The lowest BCUT2D eigenvalue weighted by atomic mass is 10.1. The van der Waals surface area contributed by atoms with Gasteiger partial charge in [-0.3, -0.25) is 9.59 Å². The Morgan fingerprint density at radius 3 is 2.32 bits per heavy atom. The molecule has 6 heteroatoms. The van der Waals surface area contributed by atoms with Crippen molar-refractivity contribution >= 4 is 27.7 Å². The average Bonchev–Trinajstić information content (AvgIpc) is 2.94. The van der Waals surface area contributed by atoms with E-state index in [1.807, 2.05) is 72.0 Å². The molecule has 0 N–H and O–H groups in total. The van der Waals surface area contributed by atoms with E-state index in [1.165, 1.54) is 4.68 Å². The van der Waals surface area contributed by atoms with Crippen LogP contribution in [0.4, 0.5) is 0 Å². The number of hydrogen-bond donors (Lipinski definition) is 0. The minimum atomic E-state index is -0.218. The van der Waals surface area contributed by atoms with Gasteiger partial charge in [0, 0.05) is 36.4 Å². The molecular weight excluding hydrogens is 388 g/mol. The van der Waals surface area contributed by atoms with E-state index in [0.29, 0.717) is 22.3 Å². The predicted octanol–water partition coefficient (Wildman–Crippen LogP) is 4.20. The van der Waals surface area contributed by atoms with Gasteiger partial charge < -0.3 is 9.47 Å². The number of rotatable bonds is 2. The standard InChI is InChI=1S/C25H26N4O2/c1-17-11-13-18(14-12-17)29-25(31)23-21(19-9-5-6-10-20(19)27(23)2)22(26-29)24(30)28-15-7-3-4-8-16-28/h5-6,9-14H,3-4,7-8,15-16H2,1-2H3. The molecular formula is C25H26N4O2. The van der Waals surface area contributed by atoms with Crippen LogP contribution in [0.5, 0.6) is 0 Å². The van der Waals surface area contributed by atoms with E-state index < -0.39 is 0 Å². The number of para-hydroxylation sites is 1. The molecule has 0 bridgehead atoms. The molecule has 0 aliphatic carbocycles. The van der Waals surface area contributed by atoms with Crippen molar-refractivity contribution in [3.05, 3.63) is 70.1 Å². The molecule has 2 aromatic carbocycles. The highest BCUT2D eigenvalue weighted by Gasteiger charge is 2.27. The quantitative estimate of drug-likeness (QED) is 0.494. The van der Waals surface area contributed by atoms with Crippen LogP contribution in [0.1, 0.15) is 41.7 Å². The predicted molar refractivity (Wildman–Crippen MR) is 123 cm³/mol. The summed E-state index contributed by atoms with van der Waals surface area (Å²) in [7, 11) is 1.88. The summed E-state index contributed by atoms with van der Waals surface area (Å²) in [6, 6.07) is 15.5. The van der Waals surface area contributed by atoms with Gasteiger partial charge in [-0.15, -0.1) is 0 Å². The summed E-state index contributed by atoms with van der Waals surface area (Å²) in [6.45, 7) is 3.47. The van der Waals surface area contributed by atoms with Crippen LogP contribution in [0.15, 0.2) is 53.3 Å². The first-order chi connectivity index (χ1) is 15.1. The first-order valence-corrected chi connectivity index (χ1v) is 10.9. The number of hydrogen-bond acceptors (Lipinski definition) is 3. The normalized spacial score (nSPS) is 14.8. The molecule has 0 atom stereocenters. The molecule has 1 aliphatic rings. The van der Waals surface area contributed by atoms with Crippen LogP contribution in [0.3, 0.4) is 0 Å². The van der Waals surface area contributed by atoms with E-state index in [2.05, 4.69) is 5.10 Å². The number of nitrogens with zero attached hydrogens (tertiary/aromatic N) is 4. The third-order valence-corrected chi connectivity index (χ3v) is 6.31. The molecule has 0 radical (unpaired) electrons. The first kappa shape index (κ1) is 19.5. The first-order valence-electron chi connectivity index (χ1n) is 10.9. The maximum atomic E-state index is 13.7. The van der Waals surface area contributed by atoms with E-state index in [4.69, 9.17) is 0 Å². The Morgan fingerprint density at radius 2 is 1.61 bits per heavy atom. The van der Waals surface area contributed by atoms with Gasteiger partial charge in [0.2, 0.25) is 0 Å². The van der Waals surface area contributed by atoms with Gasteiger partial charge in [-0.2, -0.15) is 9.78 Å². The van der Waals surface area contributed by atoms with Crippen LogP contribution in [-0.2, 0) is 7.05 Å². The number of carbonyl (C=O) groups is 1. The minimum absolute atomic E-state index is 0.0934. The third kappa shape index (κ3) is 3.23. The summed E-state index contributed by atoms with van der Waals surface area (Å²) in [5.74, 6) is -0.0934. The molecule has 1 amide bonds. The van der Waals surface area contributed by atoms with E-state index >= 15 is 0 Å². The second-order valence-corrected chi connectivity index (χ2v) is 8.41. The maximum absolute atomic E-state index is 13.7. The maximum Gasteiger partial charge on any atom is 0.296 e. The van der Waals surface area contributed by atoms with Gasteiger partial charge in [0.05, 0.1) is 5.69 Å². The van der Waals surface area contributed by atoms with Gasteiger partial charge >= 0.3 is 0 Å². The summed E-state index contributed by atoms with van der Waals surface area (Å²) in [6.07, 6.45) is 4.29. The van der Waals surface area contributed by atoms with Crippen molar-refractivity contribution in [1.29, 1.82) is 0 Å². The van der Waals surface area contributed by atoms with Crippen molar-refractivity contribution in [2.45, 2.75) is 32.6 Å². The number of carbonyl (C=O) groups excluding carboxylic acids is 1. The molecule has 5 rings (SSSR count). The van der Waals surface area contributed by atoms with Crippen LogP contribution in [0, 0.1) is 6.92 Å². The average molecular weight is 415 g/mol. The fraction of sp³-hybridized carbons (Fsp3) is 0.320. The number of benzene rings is 2. The van der Waals surface area contributed by atoms with Crippen molar-refractivity contribution < 1.29 is 4.79 Å². The zero-order valence-electron chi connectivity index (χ0n) is 18.0. The lowest BCUT2D eigenvalue weighted by molar-refractivity contribution is 0.0756. The highest BCUT2D eigenvalue weighted by molar-refractivity contribution is 6.16. The molecule has 2 aromatic heterocycles. The Labute approximate surface area is 180 Å². The van der Waals surface area contributed by atoms with Crippen LogP contribution in [0.2, 0.25) is 0 Å². The number of amides is 1. The van der Waals surface area contributed by atoms with Gasteiger partial charge in [0.1, 0.15) is 5.52 Å². The zero-order chi connectivity index (χ0) is 21.5. The zero-order valence-corrected chi connectivity index (χ0v) is 18.0. The lowest BCUT2D eigenvalue weighted by Gasteiger charge is -2.20. The molecule has 0 spiro atoms. The summed E-state index contributed by atoms with van der Waals surface area (Å²) < 4.78 is 3.27. The van der Waals surface area contributed by atoms with Crippen LogP contribution in [-0.4, -0.2) is 38.2 Å². The molecule has 1 aliphatic heterocycles. The van der Waals surface area contributed by atoms with E-state index in [0.717, 1.165) is 55.2 Å². The Morgan fingerprint density at radius 1 is 0.935 bits per heavy atom. The number of fused-ring (bicyclic) bond motifs is 3. The Kier molecular flexibility index (Phi) is 4.85. The van der Waals surface area contributed by atoms with E-state index in [-0.39, 0.29) is 11.5 Å². The van der Waals surface area contributed by atoms with Crippen molar-refractivity contribution in [2.75, 3.05) is 13.1 Å². The smallest absolute Gasteiger partial charge is 0.296 e. The molecule has 0 unspecified atom stereocenters.